The first-order valence-corrected chi connectivity index (χ1v) is 5.46. The monoisotopic (exact) mass is 279 g/mol. The van der Waals surface area contributed by atoms with Crippen molar-refractivity contribution >= 4 is 40.9 Å². The summed E-state index contributed by atoms with van der Waals surface area (Å²) < 4.78 is 0. The largest absolute Gasteiger partial charge is 0.369 e. The predicted octanol–water partition coefficient (Wildman–Crippen LogP) is 3.39. The standard InChI is InChI=1S/C13H13N3O2.ClH/c1-15(2)9-14-12-7-8-13(16(17)18)11-6-4-3-5-10(11)12;/h3-9H,1-2H3;1H. The van der Waals surface area contributed by atoms with Crippen LogP contribution >= 0.6 is 12.4 Å². The van der Waals surface area contributed by atoms with Crippen LogP contribution in [0.2, 0.25) is 0 Å². The van der Waals surface area contributed by atoms with Crippen molar-refractivity contribution in [3.05, 3.63) is 46.5 Å². The van der Waals surface area contributed by atoms with E-state index < -0.39 is 0 Å². The molecule has 0 amide bonds. The lowest BCUT2D eigenvalue weighted by Gasteiger charge is -2.05. The van der Waals surface area contributed by atoms with Gasteiger partial charge in [0.2, 0.25) is 0 Å². The van der Waals surface area contributed by atoms with Crippen molar-refractivity contribution in [2.45, 2.75) is 0 Å². The quantitative estimate of drug-likeness (QED) is 0.374. The number of rotatable bonds is 3. The third-order valence-corrected chi connectivity index (χ3v) is 2.50. The lowest BCUT2D eigenvalue weighted by molar-refractivity contribution is -0.383. The number of nitro benzene ring substituents is 1. The molecular formula is C13H14ClN3O2. The van der Waals surface area contributed by atoms with E-state index in [1.807, 2.05) is 31.1 Å². The summed E-state index contributed by atoms with van der Waals surface area (Å²) in [7, 11) is 3.74. The molecule has 2 aromatic carbocycles. The summed E-state index contributed by atoms with van der Waals surface area (Å²) in [5.41, 5.74) is 0.833. The molecule has 100 valence electrons. The number of halogens is 1. The Bertz CT molecular complexity index is 626. The maximum Gasteiger partial charge on any atom is 0.277 e. The fourth-order valence-corrected chi connectivity index (χ4v) is 1.72. The van der Waals surface area contributed by atoms with E-state index in [0.29, 0.717) is 5.39 Å². The Labute approximate surface area is 117 Å². The minimum Gasteiger partial charge on any atom is -0.369 e. The number of benzene rings is 2. The first-order chi connectivity index (χ1) is 8.59. The molecule has 2 aromatic rings. The third-order valence-electron chi connectivity index (χ3n) is 2.50. The van der Waals surface area contributed by atoms with Crippen molar-refractivity contribution in [3.63, 3.8) is 0 Å². The van der Waals surface area contributed by atoms with Gasteiger partial charge in [-0.2, -0.15) is 0 Å². The number of nitro groups is 1. The molecule has 2 rings (SSSR count). The summed E-state index contributed by atoms with van der Waals surface area (Å²) in [5.74, 6) is 0. The molecule has 0 bridgehead atoms. The Morgan fingerprint density at radius 3 is 2.37 bits per heavy atom. The fraction of sp³-hybridized carbons (Fsp3) is 0.154. The molecule has 0 spiro atoms. The second-order valence-corrected chi connectivity index (χ2v) is 4.11. The molecule has 0 aliphatic carbocycles. The number of non-ortho nitro benzene ring substituents is 1. The lowest BCUT2D eigenvalue weighted by atomic mass is 10.1. The SMILES string of the molecule is CN(C)C=Nc1ccc([N+](=O)[O-])c2ccccc12.Cl. The van der Waals surface area contributed by atoms with Gasteiger partial charge in [0.1, 0.15) is 0 Å². The van der Waals surface area contributed by atoms with Gasteiger partial charge in [0.15, 0.2) is 0 Å². The Balaban J connectivity index is 0.00000180. The molecule has 0 fully saturated rings. The Morgan fingerprint density at radius 1 is 1.16 bits per heavy atom. The van der Waals surface area contributed by atoms with Crippen molar-refractivity contribution in [2.75, 3.05) is 14.1 Å². The maximum absolute atomic E-state index is 11.0. The van der Waals surface area contributed by atoms with E-state index in [1.54, 1.807) is 24.5 Å². The summed E-state index contributed by atoms with van der Waals surface area (Å²) in [4.78, 5) is 16.7. The van der Waals surface area contributed by atoms with Gasteiger partial charge in [0, 0.05) is 25.5 Å². The van der Waals surface area contributed by atoms with Gasteiger partial charge in [-0.1, -0.05) is 18.2 Å². The van der Waals surface area contributed by atoms with Crippen molar-refractivity contribution in [1.29, 1.82) is 0 Å². The lowest BCUT2D eigenvalue weighted by Crippen LogP contribution is -2.07. The molecule has 0 heterocycles. The normalized spacial score (nSPS) is 10.4. The van der Waals surface area contributed by atoms with E-state index in [1.165, 1.54) is 6.07 Å². The van der Waals surface area contributed by atoms with Crippen molar-refractivity contribution in [3.8, 4) is 0 Å². The highest BCUT2D eigenvalue weighted by molar-refractivity contribution is 5.99. The fourth-order valence-electron chi connectivity index (χ4n) is 1.72. The minimum atomic E-state index is -0.373. The Hall–Kier alpha value is -2.14. The highest BCUT2D eigenvalue weighted by Crippen LogP contribution is 2.32. The molecule has 5 nitrogen and oxygen atoms in total. The molecule has 0 unspecified atom stereocenters. The average Bonchev–Trinajstić information content (AvgIpc) is 2.35. The minimum absolute atomic E-state index is 0. The predicted molar refractivity (Wildman–Crippen MR) is 79.7 cm³/mol. The molecule has 0 saturated carbocycles. The van der Waals surface area contributed by atoms with Crippen LogP contribution in [0.5, 0.6) is 0 Å². The molecule has 0 N–H and O–H groups in total. The van der Waals surface area contributed by atoms with E-state index in [9.17, 15) is 10.1 Å². The number of aliphatic imine (C=N–C) groups is 1. The van der Waals surface area contributed by atoms with Gasteiger partial charge in [0.05, 0.1) is 22.3 Å². The van der Waals surface area contributed by atoms with Crippen LogP contribution in [0.25, 0.3) is 10.8 Å². The molecule has 0 aliphatic heterocycles. The summed E-state index contributed by atoms with van der Waals surface area (Å²) in [5, 5.41) is 12.3. The van der Waals surface area contributed by atoms with Gasteiger partial charge in [-0.3, -0.25) is 10.1 Å². The van der Waals surface area contributed by atoms with Gasteiger partial charge < -0.3 is 4.90 Å². The molecule has 6 heteroatoms. The summed E-state index contributed by atoms with van der Waals surface area (Å²) >= 11 is 0. The molecule has 0 atom stereocenters. The van der Waals surface area contributed by atoms with Crippen LogP contribution in [0.1, 0.15) is 0 Å². The first kappa shape index (κ1) is 14.9. The van der Waals surface area contributed by atoms with E-state index in [-0.39, 0.29) is 23.0 Å². The molecule has 0 aliphatic rings. The number of hydrogen-bond donors (Lipinski definition) is 0. The van der Waals surface area contributed by atoms with Crippen molar-refractivity contribution < 1.29 is 4.92 Å². The van der Waals surface area contributed by atoms with Crippen LogP contribution in [0.4, 0.5) is 11.4 Å². The van der Waals surface area contributed by atoms with E-state index >= 15 is 0 Å². The van der Waals surface area contributed by atoms with Gasteiger partial charge in [-0.05, 0) is 12.1 Å². The molecule has 0 radical (unpaired) electrons. The second kappa shape index (κ2) is 6.15. The summed E-state index contributed by atoms with van der Waals surface area (Å²) in [6.07, 6.45) is 1.67. The maximum atomic E-state index is 11.0. The van der Waals surface area contributed by atoms with E-state index in [4.69, 9.17) is 0 Å². The van der Waals surface area contributed by atoms with Gasteiger partial charge in [0.25, 0.3) is 5.69 Å². The topological polar surface area (TPSA) is 58.7 Å². The van der Waals surface area contributed by atoms with Crippen LogP contribution < -0.4 is 0 Å². The van der Waals surface area contributed by atoms with Crippen LogP contribution in [0.15, 0.2) is 41.4 Å². The molecule has 19 heavy (non-hydrogen) atoms. The Morgan fingerprint density at radius 2 is 1.79 bits per heavy atom. The van der Waals surface area contributed by atoms with E-state index in [2.05, 4.69) is 4.99 Å². The first-order valence-electron chi connectivity index (χ1n) is 5.46. The van der Waals surface area contributed by atoms with Crippen LogP contribution in [0.3, 0.4) is 0 Å². The zero-order valence-electron chi connectivity index (χ0n) is 10.6. The van der Waals surface area contributed by atoms with Gasteiger partial charge in [-0.25, -0.2) is 4.99 Å². The molecule has 0 saturated heterocycles. The summed E-state index contributed by atoms with van der Waals surface area (Å²) in [6.45, 7) is 0. The zero-order valence-corrected chi connectivity index (χ0v) is 11.4. The summed E-state index contributed by atoms with van der Waals surface area (Å²) in [6, 6.07) is 10.4. The highest BCUT2D eigenvalue weighted by atomic mass is 35.5. The van der Waals surface area contributed by atoms with Crippen molar-refractivity contribution in [2.24, 2.45) is 4.99 Å². The third kappa shape index (κ3) is 3.20. The van der Waals surface area contributed by atoms with Crippen LogP contribution in [-0.4, -0.2) is 30.3 Å². The number of fused-ring (bicyclic) bond motifs is 1. The number of nitrogens with zero attached hydrogens (tertiary/aromatic N) is 3. The zero-order chi connectivity index (χ0) is 13.1. The van der Waals surface area contributed by atoms with Gasteiger partial charge in [-0.15, -0.1) is 12.4 Å². The smallest absolute Gasteiger partial charge is 0.277 e. The molecular weight excluding hydrogens is 266 g/mol. The van der Waals surface area contributed by atoms with Gasteiger partial charge >= 0.3 is 0 Å². The highest BCUT2D eigenvalue weighted by Gasteiger charge is 2.12. The van der Waals surface area contributed by atoms with Crippen molar-refractivity contribution in [1.82, 2.24) is 4.90 Å². The average molecular weight is 280 g/mol. The van der Waals surface area contributed by atoms with E-state index in [0.717, 1.165) is 11.1 Å². The second-order valence-electron chi connectivity index (χ2n) is 4.11. The van der Waals surface area contributed by atoms with Crippen LogP contribution in [-0.2, 0) is 0 Å². The number of hydrogen-bond acceptors (Lipinski definition) is 3. The Kier molecular flexibility index (Phi) is 4.83. The van der Waals surface area contributed by atoms with Crippen LogP contribution in [0, 0.1) is 10.1 Å². The molecule has 0 aromatic heterocycles.